The van der Waals surface area contributed by atoms with Crippen LogP contribution in [0.4, 0.5) is 0 Å². The second kappa shape index (κ2) is 15.1. The van der Waals surface area contributed by atoms with Crippen molar-refractivity contribution in [3.63, 3.8) is 0 Å². The predicted octanol–water partition coefficient (Wildman–Crippen LogP) is 12.8. The van der Waals surface area contributed by atoms with Crippen molar-refractivity contribution in [2.24, 2.45) is 0 Å². The number of nitriles is 4. The monoisotopic (exact) mass is 814 g/mol. The lowest BCUT2D eigenvalue weighted by molar-refractivity contribution is 1.17. The van der Waals surface area contributed by atoms with Crippen LogP contribution < -0.4 is 0 Å². The van der Waals surface area contributed by atoms with Crippen LogP contribution >= 0.6 is 0 Å². The Kier molecular flexibility index (Phi) is 8.85. The number of hydrogen-bond donors (Lipinski definition) is 0. The van der Waals surface area contributed by atoms with Crippen molar-refractivity contribution in [2.75, 3.05) is 0 Å². The second-order valence-corrected chi connectivity index (χ2v) is 15.5. The zero-order chi connectivity index (χ0) is 43.3. The van der Waals surface area contributed by atoms with E-state index in [1.165, 1.54) is 10.8 Å². The number of fused-ring (bicyclic) bond motifs is 6. The molecule has 0 atom stereocenters. The molecule has 0 aliphatic heterocycles. The lowest BCUT2D eigenvalue weighted by atomic mass is 9.92. The molecule has 0 saturated carbocycles. The summed E-state index contributed by atoms with van der Waals surface area (Å²) in [6.45, 7) is 0. The molecule has 64 heavy (non-hydrogen) atoms. The molecule has 0 fully saturated rings. The van der Waals surface area contributed by atoms with Crippen LogP contribution in [0.5, 0.6) is 0 Å². The van der Waals surface area contributed by atoms with Gasteiger partial charge < -0.3 is 9.13 Å². The second-order valence-electron chi connectivity index (χ2n) is 15.5. The first-order chi connectivity index (χ1) is 31.5. The smallest absolute Gasteiger partial charge is 0.160 e. The summed E-state index contributed by atoms with van der Waals surface area (Å²) in [5.74, 6) is 0.363. The van der Waals surface area contributed by atoms with Gasteiger partial charge in [-0.2, -0.15) is 21.0 Å². The lowest BCUT2D eigenvalue weighted by Gasteiger charge is -2.14. The van der Waals surface area contributed by atoms with Crippen LogP contribution in [0.15, 0.2) is 182 Å². The molecular formula is C56H30N8. The summed E-state index contributed by atoms with van der Waals surface area (Å²) in [4.78, 5) is 9.74. The first-order valence-corrected chi connectivity index (χ1v) is 20.5. The maximum atomic E-state index is 10.6. The van der Waals surface area contributed by atoms with Gasteiger partial charge in [-0.3, -0.25) is 0 Å². The number of benzene rings is 8. The molecule has 0 unspecified atom stereocenters. The molecule has 11 rings (SSSR count). The van der Waals surface area contributed by atoms with Gasteiger partial charge in [-0.15, -0.1) is 0 Å². The molecule has 8 nitrogen and oxygen atoms in total. The molecule has 3 aromatic heterocycles. The molecular weight excluding hydrogens is 785 g/mol. The third-order valence-electron chi connectivity index (χ3n) is 11.9. The highest BCUT2D eigenvalue weighted by molar-refractivity contribution is 6.12. The molecule has 0 aliphatic rings. The summed E-state index contributed by atoms with van der Waals surface area (Å²) in [6.07, 6.45) is 0. The minimum Gasteiger partial charge on any atom is -0.309 e. The Labute approximate surface area is 367 Å². The zero-order valence-corrected chi connectivity index (χ0v) is 33.9. The summed E-state index contributed by atoms with van der Waals surface area (Å²) in [6, 6.07) is 68.7. The van der Waals surface area contributed by atoms with Crippen molar-refractivity contribution >= 4 is 43.6 Å². The third kappa shape index (κ3) is 6.12. The molecule has 3 heterocycles. The molecule has 8 heteroatoms. The van der Waals surface area contributed by atoms with E-state index in [0.29, 0.717) is 39.5 Å². The minimum absolute atomic E-state index is 0.287. The van der Waals surface area contributed by atoms with Gasteiger partial charge >= 0.3 is 0 Å². The fraction of sp³-hybridized carbons (Fsp3) is 0. The molecule has 0 spiro atoms. The first-order valence-electron chi connectivity index (χ1n) is 20.5. The van der Waals surface area contributed by atoms with E-state index in [0.717, 1.165) is 60.9 Å². The minimum atomic E-state index is 0.287. The Hall–Kier alpha value is -9.60. The largest absolute Gasteiger partial charge is 0.309 e. The van der Waals surface area contributed by atoms with Crippen LogP contribution in [-0.4, -0.2) is 19.1 Å². The standard InChI is InChI=1S/C56H30N8/c57-31-35-13-17-38(18-14-35)49-30-50(62-56(61-49)39-19-15-36(32-58)16-20-39)55-41(33-59)27-40(28-42(55)34-60)37-21-23-43(24-22-37)63-53-12-6-3-9-47(53)48-29-44(25-26-54(48)63)64-51-10-4-1-7-45(51)46-8-2-5-11-52(46)64/h1-30H. The highest BCUT2D eigenvalue weighted by Gasteiger charge is 2.20. The molecule has 0 saturated heterocycles. The van der Waals surface area contributed by atoms with Crippen molar-refractivity contribution in [2.45, 2.75) is 0 Å². The molecule has 294 valence electrons. The van der Waals surface area contributed by atoms with Gasteiger partial charge in [0.15, 0.2) is 5.82 Å². The van der Waals surface area contributed by atoms with Gasteiger partial charge in [0.2, 0.25) is 0 Å². The van der Waals surface area contributed by atoms with Gasteiger partial charge in [0, 0.05) is 49.6 Å². The first kappa shape index (κ1) is 37.4. The summed E-state index contributed by atoms with van der Waals surface area (Å²) < 4.78 is 4.62. The van der Waals surface area contributed by atoms with Crippen LogP contribution in [-0.2, 0) is 0 Å². The Morgan fingerprint density at radius 1 is 0.344 bits per heavy atom. The molecule has 11 aromatic rings. The van der Waals surface area contributed by atoms with Crippen LogP contribution in [0.3, 0.4) is 0 Å². The average molecular weight is 815 g/mol. The zero-order valence-electron chi connectivity index (χ0n) is 33.9. The summed E-state index contributed by atoms with van der Waals surface area (Å²) >= 11 is 0. The van der Waals surface area contributed by atoms with Gasteiger partial charge in [0.05, 0.1) is 80.0 Å². The molecule has 0 amide bonds. The van der Waals surface area contributed by atoms with Crippen molar-refractivity contribution in [1.82, 2.24) is 19.1 Å². The Bertz CT molecular complexity index is 3700. The molecule has 0 aliphatic carbocycles. The number of hydrogen-bond acceptors (Lipinski definition) is 6. The Morgan fingerprint density at radius 2 is 0.797 bits per heavy atom. The topological polar surface area (TPSA) is 131 Å². The van der Waals surface area contributed by atoms with E-state index < -0.39 is 0 Å². The highest BCUT2D eigenvalue weighted by atomic mass is 15.0. The van der Waals surface area contributed by atoms with E-state index in [-0.39, 0.29) is 11.1 Å². The fourth-order valence-electron chi connectivity index (χ4n) is 8.90. The molecule has 8 aromatic carbocycles. The predicted molar refractivity (Wildman–Crippen MR) is 251 cm³/mol. The van der Waals surface area contributed by atoms with Crippen LogP contribution in [0.25, 0.3) is 100 Å². The maximum absolute atomic E-state index is 10.6. The van der Waals surface area contributed by atoms with E-state index in [1.54, 1.807) is 66.7 Å². The maximum Gasteiger partial charge on any atom is 0.160 e. The number of aromatic nitrogens is 4. The SMILES string of the molecule is N#Cc1ccc(-c2cc(-c3c(C#N)cc(-c4ccc(-n5c6ccccc6c6cc(-n7c8ccccc8c8ccccc87)ccc65)cc4)cc3C#N)nc(-c3ccc(C#N)cc3)n2)cc1. The van der Waals surface area contributed by atoms with Gasteiger partial charge in [0.25, 0.3) is 0 Å². The van der Waals surface area contributed by atoms with Gasteiger partial charge in [-0.05, 0) is 114 Å². The van der Waals surface area contributed by atoms with E-state index in [2.05, 4.69) is 137 Å². The van der Waals surface area contributed by atoms with E-state index in [1.807, 2.05) is 12.1 Å². The number of para-hydroxylation sites is 3. The van der Waals surface area contributed by atoms with Gasteiger partial charge in [-0.25, -0.2) is 9.97 Å². The molecule has 0 bridgehead atoms. The van der Waals surface area contributed by atoms with Crippen LogP contribution in [0.2, 0.25) is 0 Å². The summed E-state index contributed by atoms with van der Waals surface area (Å²) in [5.41, 5.74) is 12.4. The van der Waals surface area contributed by atoms with Crippen molar-refractivity contribution in [3.05, 3.63) is 204 Å². The normalized spacial score (nSPS) is 11.1. The van der Waals surface area contributed by atoms with Crippen LogP contribution in [0.1, 0.15) is 22.3 Å². The fourth-order valence-corrected chi connectivity index (χ4v) is 8.90. The number of nitrogens with zero attached hydrogens (tertiary/aromatic N) is 8. The lowest BCUT2D eigenvalue weighted by Crippen LogP contribution is -2.00. The number of rotatable bonds is 6. The van der Waals surface area contributed by atoms with Crippen LogP contribution in [0, 0.1) is 45.3 Å². The average Bonchev–Trinajstić information content (AvgIpc) is 3.88. The summed E-state index contributed by atoms with van der Waals surface area (Å²) in [7, 11) is 0. The van der Waals surface area contributed by atoms with E-state index >= 15 is 0 Å². The highest BCUT2D eigenvalue weighted by Crippen LogP contribution is 2.39. The quantitative estimate of drug-likeness (QED) is 0.164. The summed E-state index contributed by atoms with van der Waals surface area (Å²) in [5, 5.41) is 44.8. The Morgan fingerprint density at radius 3 is 1.34 bits per heavy atom. The molecule has 0 radical (unpaired) electrons. The Balaban J connectivity index is 1.000. The molecule has 0 N–H and O–H groups in total. The van der Waals surface area contributed by atoms with E-state index in [4.69, 9.17) is 9.97 Å². The van der Waals surface area contributed by atoms with Crippen molar-refractivity contribution < 1.29 is 0 Å². The van der Waals surface area contributed by atoms with Crippen molar-refractivity contribution in [1.29, 1.82) is 21.0 Å². The van der Waals surface area contributed by atoms with Gasteiger partial charge in [-0.1, -0.05) is 78.9 Å². The van der Waals surface area contributed by atoms with Gasteiger partial charge in [0.1, 0.15) is 0 Å². The third-order valence-corrected chi connectivity index (χ3v) is 11.9. The van der Waals surface area contributed by atoms with Crippen molar-refractivity contribution in [3.8, 4) is 80.7 Å². The van der Waals surface area contributed by atoms with E-state index in [9.17, 15) is 21.0 Å².